The Hall–Kier alpha value is -2.31. The normalized spacial score (nSPS) is 12.1. The number of nitrogens with one attached hydrogen (secondary N) is 2. The van der Waals surface area contributed by atoms with Gasteiger partial charge in [0, 0.05) is 34.5 Å². The summed E-state index contributed by atoms with van der Waals surface area (Å²) < 4.78 is 6.36. The number of hydrogen-bond acceptors (Lipinski definition) is 3. The molecule has 5 nitrogen and oxygen atoms in total. The number of alkyl carbamates (subject to hydrolysis) is 1. The monoisotopic (exact) mass is 430 g/mol. The maximum absolute atomic E-state index is 12.0. The van der Waals surface area contributed by atoms with Crippen LogP contribution in [-0.2, 0) is 17.6 Å². The van der Waals surface area contributed by atoms with E-state index >= 15 is 0 Å². The Morgan fingerprint density at radius 2 is 2.04 bits per heavy atom. The molecule has 3 rings (SSSR count). The fourth-order valence-electron chi connectivity index (χ4n) is 2.98. The molecule has 27 heavy (non-hydrogen) atoms. The van der Waals surface area contributed by atoms with Crippen LogP contribution in [0.15, 0.2) is 53.1 Å². The second kappa shape index (κ2) is 9.06. The Morgan fingerprint density at radius 3 is 2.78 bits per heavy atom. The minimum Gasteiger partial charge on any atom is -0.443 e. The molecular formula is C21H23BrN2O3. The predicted octanol–water partition coefficient (Wildman–Crippen LogP) is 4.11. The number of amides is 1. The number of aromatic nitrogens is 1. The molecule has 1 amide bonds. The van der Waals surface area contributed by atoms with Gasteiger partial charge in [0.05, 0.1) is 6.61 Å². The van der Waals surface area contributed by atoms with E-state index in [1.807, 2.05) is 49.5 Å². The highest BCUT2D eigenvalue weighted by atomic mass is 79.9. The Bertz CT molecular complexity index is 905. The average molecular weight is 431 g/mol. The number of benzene rings is 2. The molecule has 2 aromatic carbocycles. The first-order valence-corrected chi connectivity index (χ1v) is 9.71. The second-order valence-electron chi connectivity index (χ2n) is 6.58. The van der Waals surface area contributed by atoms with Crippen molar-refractivity contribution in [1.29, 1.82) is 0 Å². The van der Waals surface area contributed by atoms with E-state index in [0.29, 0.717) is 19.4 Å². The summed E-state index contributed by atoms with van der Waals surface area (Å²) in [6.45, 7) is 2.27. The third-order valence-corrected chi connectivity index (χ3v) is 4.95. The lowest BCUT2D eigenvalue weighted by molar-refractivity contribution is 0.0580. The minimum atomic E-state index is -0.559. The lowest BCUT2D eigenvalue weighted by Crippen LogP contribution is -2.33. The van der Waals surface area contributed by atoms with Gasteiger partial charge in [-0.3, -0.25) is 0 Å². The van der Waals surface area contributed by atoms with E-state index in [1.165, 1.54) is 5.56 Å². The molecule has 0 radical (unpaired) electrons. The minimum absolute atomic E-state index is 0.211. The van der Waals surface area contributed by atoms with Crippen LogP contribution in [0.25, 0.3) is 10.9 Å². The molecule has 6 heteroatoms. The summed E-state index contributed by atoms with van der Waals surface area (Å²) in [5.41, 5.74) is 4.39. The first kappa shape index (κ1) is 19.5. The zero-order chi connectivity index (χ0) is 19.2. The van der Waals surface area contributed by atoms with Gasteiger partial charge in [-0.05, 0) is 42.7 Å². The van der Waals surface area contributed by atoms with Crippen LogP contribution in [0.4, 0.5) is 4.79 Å². The van der Waals surface area contributed by atoms with E-state index in [1.54, 1.807) is 0 Å². The zero-order valence-electron chi connectivity index (χ0n) is 15.2. The standard InChI is InChI=1S/C21H23BrN2O3/c1-14-2-4-15(5-3-14)10-18(13-25)27-21(26)23-9-8-16-12-24-20-7-6-17(22)11-19(16)20/h2-7,11-12,18,24-25H,8-10,13H2,1H3,(H,23,26)/t18-/m1/s1. The van der Waals surface area contributed by atoms with Gasteiger partial charge < -0.3 is 20.1 Å². The van der Waals surface area contributed by atoms with Crippen LogP contribution in [0.2, 0.25) is 0 Å². The van der Waals surface area contributed by atoms with Gasteiger partial charge in [-0.15, -0.1) is 0 Å². The molecule has 0 aliphatic heterocycles. The highest BCUT2D eigenvalue weighted by molar-refractivity contribution is 9.10. The average Bonchev–Trinajstić information content (AvgIpc) is 3.05. The Labute approximate surface area is 166 Å². The molecule has 142 valence electrons. The zero-order valence-corrected chi connectivity index (χ0v) is 16.8. The van der Waals surface area contributed by atoms with Gasteiger partial charge in [0.25, 0.3) is 0 Å². The molecule has 3 N–H and O–H groups in total. The summed E-state index contributed by atoms with van der Waals surface area (Å²) in [7, 11) is 0. The lowest BCUT2D eigenvalue weighted by atomic mass is 10.1. The Kier molecular flexibility index (Phi) is 6.53. The number of aromatic amines is 1. The van der Waals surface area contributed by atoms with Gasteiger partial charge >= 0.3 is 6.09 Å². The van der Waals surface area contributed by atoms with Crippen molar-refractivity contribution in [2.75, 3.05) is 13.2 Å². The van der Waals surface area contributed by atoms with E-state index in [0.717, 1.165) is 26.5 Å². The fraction of sp³-hybridized carbons (Fsp3) is 0.286. The molecule has 3 aromatic rings. The molecule has 0 aliphatic carbocycles. The van der Waals surface area contributed by atoms with Crippen molar-refractivity contribution in [2.45, 2.75) is 25.9 Å². The lowest BCUT2D eigenvalue weighted by Gasteiger charge is -2.16. The SMILES string of the molecule is Cc1ccc(C[C@H](CO)OC(=O)NCCc2c[nH]c3ccc(Br)cc23)cc1. The molecule has 0 spiro atoms. The van der Waals surface area contributed by atoms with E-state index in [4.69, 9.17) is 4.74 Å². The smallest absolute Gasteiger partial charge is 0.407 e. The third kappa shape index (κ3) is 5.34. The number of aryl methyl sites for hydroxylation is 1. The molecule has 0 bridgehead atoms. The number of carbonyl (C=O) groups is 1. The third-order valence-electron chi connectivity index (χ3n) is 4.45. The van der Waals surface area contributed by atoms with Crippen LogP contribution in [0.5, 0.6) is 0 Å². The molecule has 0 fully saturated rings. The molecule has 0 saturated heterocycles. The van der Waals surface area contributed by atoms with Crippen molar-refractivity contribution in [3.8, 4) is 0 Å². The number of carbonyl (C=O) groups excluding carboxylic acids is 1. The molecule has 0 unspecified atom stereocenters. The topological polar surface area (TPSA) is 74.3 Å². The first-order valence-electron chi connectivity index (χ1n) is 8.91. The molecule has 1 atom stereocenters. The van der Waals surface area contributed by atoms with Gasteiger partial charge in [0.15, 0.2) is 0 Å². The first-order chi connectivity index (χ1) is 13.0. The van der Waals surface area contributed by atoms with E-state index in [2.05, 4.69) is 32.3 Å². The van der Waals surface area contributed by atoms with Crippen LogP contribution in [0, 0.1) is 6.92 Å². The van der Waals surface area contributed by atoms with Gasteiger partial charge in [-0.2, -0.15) is 0 Å². The predicted molar refractivity (Wildman–Crippen MR) is 110 cm³/mol. The van der Waals surface area contributed by atoms with Crippen molar-refractivity contribution >= 4 is 32.9 Å². The maximum atomic E-state index is 12.0. The van der Waals surface area contributed by atoms with Gasteiger partial charge in [-0.25, -0.2) is 4.79 Å². The number of halogens is 1. The molecule has 0 aliphatic rings. The number of hydrogen-bond donors (Lipinski definition) is 3. The number of aliphatic hydroxyl groups excluding tert-OH is 1. The van der Waals surface area contributed by atoms with Crippen LogP contribution in [-0.4, -0.2) is 35.4 Å². The second-order valence-corrected chi connectivity index (χ2v) is 7.50. The number of rotatable bonds is 7. The van der Waals surface area contributed by atoms with E-state index in [-0.39, 0.29) is 6.61 Å². The highest BCUT2D eigenvalue weighted by Gasteiger charge is 2.14. The number of fused-ring (bicyclic) bond motifs is 1. The molecule has 0 saturated carbocycles. The van der Waals surface area contributed by atoms with Gasteiger partial charge in [0.2, 0.25) is 0 Å². The summed E-state index contributed by atoms with van der Waals surface area (Å²) in [6, 6.07) is 14.0. The van der Waals surface area contributed by atoms with Gasteiger partial charge in [-0.1, -0.05) is 45.8 Å². The molecule has 1 aromatic heterocycles. The molecular weight excluding hydrogens is 408 g/mol. The van der Waals surface area contributed by atoms with Crippen molar-refractivity contribution < 1.29 is 14.6 Å². The number of aliphatic hydroxyl groups is 1. The maximum Gasteiger partial charge on any atom is 0.407 e. The summed E-state index contributed by atoms with van der Waals surface area (Å²) in [5.74, 6) is 0. The van der Waals surface area contributed by atoms with Crippen molar-refractivity contribution in [3.05, 3.63) is 69.8 Å². The molecule has 1 heterocycles. The van der Waals surface area contributed by atoms with Crippen molar-refractivity contribution in [3.63, 3.8) is 0 Å². The van der Waals surface area contributed by atoms with E-state index < -0.39 is 12.2 Å². The Morgan fingerprint density at radius 1 is 1.26 bits per heavy atom. The van der Waals surface area contributed by atoms with Crippen LogP contribution >= 0.6 is 15.9 Å². The summed E-state index contributed by atoms with van der Waals surface area (Å²) >= 11 is 3.48. The summed E-state index contributed by atoms with van der Waals surface area (Å²) in [5, 5.41) is 13.4. The van der Waals surface area contributed by atoms with Crippen molar-refractivity contribution in [2.24, 2.45) is 0 Å². The summed E-state index contributed by atoms with van der Waals surface area (Å²) in [6.07, 6.45) is 2.06. The quantitative estimate of drug-likeness (QED) is 0.527. The van der Waals surface area contributed by atoms with E-state index in [9.17, 15) is 9.90 Å². The Balaban J connectivity index is 1.49. The van der Waals surface area contributed by atoms with Gasteiger partial charge in [0.1, 0.15) is 6.10 Å². The van der Waals surface area contributed by atoms with Crippen molar-refractivity contribution in [1.82, 2.24) is 10.3 Å². The van der Waals surface area contributed by atoms with Crippen LogP contribution in [0.1, 0.15) is 16.7 Å². The fourth-order valence-corrected chi connectivity index (χ4v) is 3.34. The van der Waals surface area contributed by atoms with Crippen LogP contribution in [0.3, 0.4) is 0 Å². The van der Waals surface area contributed by atoms with Crippen LogP contribution < -0.4 is 5.32 Å². The highest BCUT2D eigenvalue weighted by Crippen LogP contribution is 2.22. The number of H-pyrrole nitrogens is 1. The number of ether oxygens (including phenoxy) is 1. The largest absolute Gasteiger partial charge is 0.443 e. The summed E-state index contributed by atoms with van der Waals surface area (Å²) in [4.78, 5) is 15.3.